The third-order valence-electron chi connectivity index (χ3n) is 5.44. The number of aliphatic hydroxyl groups excluding tert-OH is 1. The Kier molecular flexibility index (Phi) is 4.72. The lowest BCUT2D eigenvalue weighted by Gasteiger charge is -2.37. The van der Waals surface area contributed by atoms with Crippen LogP contribution in [0.1, 0.15) is 24.8 Å². The molecule has 3 heterocycles. The van der Waals surface area contributed by atoms with E-state index in [1.807, 2.05) is 24.4 Å². The van der Waals surface area contributed by atoms with Crippen LogP contribution in [0.15, 0.2) is 30.5 Å². The molecule has 128 valence electrons. The number of benzene rings is 1. The van der Waals surface area contributed by atoms with Crippen molar-refractivity contribution in [2.45, 2.75) is 38.0 Å². The van der Waals surface area contributed by atoms with Gasteiger partial charge in [0.05, 0.1) is 18.2 Å². The van der Waals surface area contributed by atoms with E-state index in [0.717, 1.165) is 41.9 Å². The van der Waals surface area contributed by atoms with Crippen LogP contribution in [0.2, 0.25) is 5.02 Å². The Morgan fingerprint density at radius 2 is 2.21 bits per heavy atom. The van der Waals surface area contributed by atoms with Gasteiger partial charge in [0.15, 0.2) is 0 Å². The fourth-order valence-electron chi connectivity index (χ4n) is 4.19. The van der Waals surface area contributed by atoms with Crippen LogP contribution in [0.25, 0.3) is 10.9 Å². The van der Waals surface area contributed by atoms with Gasteiger partial charge in [0.1, 0.15) is 0 Å². The molecule has 1 N–H and O–H groups in total. The Morgan fingerprint density at radius 3 is 3.08 bits per heavy atom. The maximum atomic E-state index is 10.4. The molecular formula is C19H23ClN2O2. The lowest BCUT2D eigenvalue weighted by atomic mass is 9.89. The average molecular weight is 347 g/mol. The molecule has 2 fully saturated rings. The summed E-state index contributed by atoms with van der Waals surface area (Å²) in [6.45, 7) is 3.25. The molecule has 0 saturated carbocycles. The predicted molar refractivity (Wildman–Crippen MR) is 95.1 cm³/mol. The number of hydrogen-bond acceptors (Lipinski definition) is 4. The van der Waals surface area contributed by atoms with Gasteiger partial charge >= 0.3 is 0 Å². The molecule has 0 bridgehead atoms. The predicted octanol–water partition coefficient (Wildman–Crippen LogP) is 3.25. The van der Waals surface area contributed by atoms with Crippen molar-refractivity contribution in [3.63, 3.8) is 0 Å². The third kappa shape index (κ3) is 3.04. The first-order chi connectivity index (χ1) is 11.7. The van der Waals surface area contributed by atoms with E-state index >= 15 is 0 Å². The van der Waals surface area contributed by atoms with Crippen molar-refractivity contribution in [2.75, 3.05) is 19.8 Å². The van der Waals surface area contributed by atoms with Crippen LogP contribution in [0.5, 0.6) is 0 Å². The van der Waals surface area contributed by atoms with Crippen LogP contribution in [-0.4, -0.2) is 46.9 Å². The van der Waals surface area contributed by atoms with E-state index in [-0.39, 0.29) is 12.0 Å². The molecule has 4 nitrogen and oxygen atoms in total. The summed E-state index contributed by atoms with van der Waals surface area (Å²) in [5, 5.41) is 12.1. The Labute approximate surface area is 147 Å². The highest BCUT2D eigenvalue weighted by molar-refractivity contribution is 6.35. The summed E-state index contributed by atoms with van der Waals surface area (Å²) < 4.78 is 5.63. The van der Waals surface area contributed by atoms with Crippen molar-refractivity contribution in [3.8, 4) is 0 Å². The van der Waals surface area contributed by atoms with E-state index in [9.17, 15) is 5.11 Å². The summed E-state index contributed by atoms with van der Waals surface area (Å²) in [5.74, 6) is 0.216. The minimum atomic E-state index is -0.246. The molecule has 2 aliphatic heterocycles. The minimum Gasteiger partial charge on any atom is -0.393 e. The highest BCUT2D eigenvalue weighted by Gasteiger charge is 2.37. The highest BCUT2D eigenvalue weighted by atomic mass is 35.5. The molecule has 0 unspecified atom stereocenters. The molecule has 3 atom stereocenters. The maximum Gasteiger partial charge on any atom is 0.0761 e. The van der Waals surface area contributed by atoms with Gasteiger partial charge < -0.3 is 9.84 Å². The third-order valence-corrected chi connectivity index (χ3v) is 5.77. The van der Waals surface area contributed by atoms with Gasteiger partial charge in [-0.15, -0.1) is 0 Å². The summed E-state index contributed by atoms with van der Waals surface area (Å²) in [5.41, 5.74) is 2.18. The number of halogens is 1. The number of ether oxygens (including phenoxy) is 1. The van der Waals surface area contributed by atoms with Crippen LogP contribution in [0, 0.1) is 5.92 Å². The molecule has 5 heteroatoms. The number of aromatic nitrogens is 1. The van der Waals surface area contributed by atoms with Crippen molar-refractivity contribution in [1.29, 1.82) is 0 Å². The monoisotopic (exact) mass is 346 g/mol. The standard InChI is InChI=1S/C19H23ClN2O2/c20-16-6-5-13(19-14(16)3-1-8-21-19)11-22-9-2-4-17(22)15-12-24-10-7-18(15)23/h1,3,5-6,8,15,17-18,23H,2,4,7,9-12H2/t15-,17+,18-/m1/s1. The van der Waals surface area contributed by atoms with E-state index < -0.39 is 0 Å². The first kappa shape index (κ1) is 16.3. The molecule has 0 aliphatic carbocycles. The first-order valence-electron chi connectivity index (χ1n) is 8.76. The quantitative estimate of drug-likeness (QED) is 0.926. The van der Waals surface area contributed by atoms with Crippen LogP contribution in [-0.2, 0) is 11.3 Å². The molecule has 2 aromatic rings. The summed E-state index contributed by atoms with van der Waals surface area (Å²) in [7, 11) is 0. The van der Waals surface area contributed by atoms with Crippen LogP contribution < -0.4 is 0 Å². The van der Waals surface area contributed by atoms with E-state index in [2.05, 4.69) is 16.0 Å². The van der Waals surface area contributed by atoms with E-state index in [0.29, 0.717) is 19.3 Å². The van der Waals surface area contributed by atoms with Crippen molar-refractivity contribution >= 4 is 22.5 Å². The molecule has 4 rings (SSSR count). The SMILES string of the molecule is O[C@@H]1CCOC[C@@H]1[C@@H]1CCCN1Cc1ccc(Cl)c2cccnc12. The lowest BCUT2D eigenvalue weighted by molar-refractivity contribution is -0.0635. The molecule has 0 amide bonds. The van der Waals surface area contributed by atoms with Crippen LogP contribution in [0.3, 0.4) is 0 Å². The number of hydrogen-bond donors (Lipinski definition) is 1. The molecular weight excluding hydrogens is 324 g/mol. The van der Waals surface area contributed by atoms with Gasteiger partial charge in [-0.05, 0) is 49.6 Å². The Hall–Kier alpha value is -1.20. The Balaban J connectivity index is 1.59. The van der Waals surface area contributed by atoms with E-state index in [1.54, 1.807) is 0 Å². The molecule has 1 aromatic heterocycles. The smallest absolute Gasteiger partial charge is 0.0761 e. The van der Waals surface area contributed by atoms with Crippen LogP contribution in [0.4, 0.5) is 0 Å². The van der Waals surface area contributed by atoms with Crippen molar-refractivity contribution in [3.05, 3.63) is 41.0 Å². The zero-order valence-electron chi connectivity index (χ0n) is 13.7. The second kappa shape index (κ2) is 6.96. The Bertz CT molecular complexity index is 724. The van der Waals surface area contributed by atoms with E-state index in [1.165, 1.54) is 12.0 Å². The fraction of sp³-hybridized carbons (Fsp3) is 0.526. The van der Waals surface area contributed by atoms with E-state index in [4.69, 9.17) is 16.3 Å². The molecule has 0 radical (unpaired) electrons. The van der Waals surface area contributed by atoms with Gasteiger partial charge in [0.25, 0.3) is 0 Å². The van der Waals surface area contributed by atoms with Gasteiger partial charge in [-0.2, -0.15) is 0 Å². The van der Waals surface area contributed by atoms with Gasteiger partial charge in [0, 0.05) is 41.7 Å². The Morgan fingerprint density at radius 1 is 1.29 bits per heavy atom. The summed E-state index contributed by atoms with van der Waals surface area (Å²) in [6, 6.07) is 8.38. The summed E-state index contributed by atoms with van der Waals surface area (Å²) in [4.78, 5) is 7.04. The van der Waals surface area contributed by atoms with Crippen molar-refractivity contribution in [2.24, 2.45) is 5.92 Å². The second-order valence-corrected chi connectivity index (χ2v) is 7.29. The topological polar surface area (TPSA) is 45.6 Å². The molecule has 0 spiro atoms. The maximum absolute atomic E-state index is 10.4. The molecule has 2 saturated heterocycles. The zero-order chi connectivity index (χ0) is 16.5. The molecule has 2 aliphatic rings. The van der Waals surface area contributed by atoms with Crippen molar-refractivity contribution < 1.29 is 9.84 Å². The number of nitrogens with zero attached hydrogens (tertiary/aromatic N) is 2. The number of rotatable bonds is 3. The molecule has 24 heavy (non-hydrogen) atoms. The van der Waals surface area contributed by atoms with Gasteiger partial charge in [0.2, 0.25) is 0 Å². The zero-order valence-corrected chi connectivity index (χ0v) is 14.5. The largest absolute Gasteiger partial charge is 0.393 e. The van der Waals surface area contributed by atoms with Crippen molar-refractivity contribution in [1.82, 2.24) is 9.88 Å². The molecule has 1 aromatic carbocycles. The van der Waals surface area contributed by atoms with Gasteiger partial charge in [-0.25, -0.2) is 0 Å². The first-order valence-corrected chi connectivity index (χ1v) is 9.14. The average Bonchev–Trinajstić information content (AvgIpc) is 3.06. The van der Waals surface area contributed by atoms with Crippen LogP contribution >= 0.6 is 11.6 Å². The second-order valence-electron chi connectivity index (χ2n) is 6.88. The number of fused-ring (bicyclic) bond motifs is 1. The van der Waals surface area contributed by atoms with Gasteiger partial charge in [-0.1, -0.05) is 17.7 Å². The van der Waals surface area contributed by atoms with Gasteiger partial charge in [-0.3, -0.25) is 9.88 Å². The number of likely N-dealkylation sites (tertiary alicyclic amines) is 1. The number of aliphatic hydroxyl groups is 1. The summed E-state index contributed by atoms with van der Waals surface area (Å²) >= 11 is 6.31. The summed E-state index contributed by atoms with van der Waals surface area (Å²) in [6.07, 6.45) is 4.63. The fourth-order valence-corrected chi connectivity index (χ4v) is 4.41. The minimum absolute atomic E-state index is 0.216. The normalized spacial score (nSPS) is 28.5. The lowest BCUT2D eigenvalue weighted by Crippen LogP contribution is -2.45. The highest BCUT2D eigenvalue weighted by Crippen LogP contribution is 2.32. The number of pyridine rings is 1.